The van der Waals surface area contributed by atoms with Gasteiger partial charge in [-0.15, -0.1) is 0 Å². The van der Waals surface area contributed by atoms with Crippen molar-refractivity contribution in [2.75, 3.05) is 25.5 Å². The number of aryl methyl sites for hydroxylation is 1. The number of likely N-dealkylation sites (N-methyl/N-ethyl adjacent to an activating group) is 1. The predicted molar refractivity (Wildman–Crippen MR) is 88.2 cm³/mol. The molecule has 0 atom stereocenters. The molecule has 1 saturated carbocycles. The Bertz CT molecular complexity index is 469. The lowest BCUT2D eigenvalue weighted by molar-refractivity contribution is 0.254. The second kappa shape index (κ2) is 6.99. The second-order valence-electron chi connectivity index (χ2n) is 5.56. The molecule has 0 aliphatic heterocycles. The molecular formula is C15H24N4S. The SMILES string of the molecule is Cc1ccc(C(N)=S)c(NCCN(C)C2CCCC2)n1. The minimum absolute atomic E-state index is 0.393. The molecule has 0 radical (unpaired) electrons. The van der Waals surface area contributed by atoms with Crippen molar-refractivity contribution in [3.8, 4) is 0 Å². The molecule has 1 aromatic heterocycles. The zero-order chi connectivity index (χ0) is 14.5. The van der Waals surface area contributed by atoms with Gasteiger partial charge in [-0.05, 0) is 38.9 Å². The van der Waals surface area contributed by atoms with Gasteiger partial charge in [-0.25, -0.2) is 4.98 Å². The van der Waals surface area contributed by atoms with Crippen molar-refractivity contribution in [1.29, 1.82) is 0 Å². The molecule has 5 heteroatoms. The fourth-order valence-electron chi connectivity index (χ4n) is 2.77. The van der Waals surface area contributed by atoms with Crippen molar-refractivity contribution < 1.29 is 0 Å². The fraction of sp³-hybridized carbons (Fsp3) is 0.600. The van der Waals surface area contributed by atoms with Gasteiger partial charge in [-0.2, -0.15) is 0 Å². The molecule has 4 nitrogen and oxygen atoms in total. The topological polar surface area (TPSA) is 54.2 Å². The molecular weight excluding hydrogens is 268 g/mol. The van der Waals surface area contributed by atoms with E-state index in [1.54, 1.807) is 0 Å². The monoisotopic (exact) mass is 292 g/mol. The molecule has 1 aliphatic rings. The smallest absolute Gasteiger partial charge is 0.136 e. The summed E-state index contributed by atoms with van der Waals surface area (Å²) in [5.41, 5.74) is 7.53. The van der Waals surface area contributed by atoms with Crippen LogP contribution < -0.4 is 11.1 Å². The van der Waals surface area contributed by atoms with Gasteiger partial charge in [0.05, 0.1) is 5.56 Å². The van der Waals surface area contributed by atoms with Crippen molar-refractivity contribution in [3.63, 3.8) is 0 Å². The molecule has 1 aliphatic carbocycles. The molecule has 1 aromatic rings. The average Bonchev–Trinajstić information content (AvgIpc) is 2.92. The Morgan fingerprint density at radius 1 is 1.45 bits per heavy atom. The van der Waals surface area contributed by atoms with E-state index >= 15 is 0 Å². The molecule has 20 heavy (non-hydrogen) atoms. The summed E-state index contributed by atoms with van der Waals surface area (Å²) < 4.78 is 0. The van der Waals surface area contributed by atoms with E-state index in [0.717, 1.165) is 36.2 Å². The first-order valence-corrected chi connectivity index (χ1v) is 7.70. The van der Waals surface area contributed by atoms with Gasteiger partial charge < -0.3 is 16.0 Å². The Morgan fingerprint density at radius 2 is 2.15 bits per heavy atom. The Labute approximate surface area is 126 Å². The lowest BCUT2D eigenvalue weighted by Crippen LogP contribution is -2.33. The van der Waals surface area contributed by atoms with E-state index in [1.807, 2.05) is 19.1 Å². The maximum absolute atomic E-state index is 5.74. The van der Waals surface area contributed by atoms with Gasteiger partial charge in [0.15, 0.2) is 0 Å². The van der Waals surface area contributed by atoms with Gasteiger partial charge in [-0.1, -0.05) is 25.1 Å². The quantitative estimate of drug-likeness (QED) is 0.788. The van der Waals surface area contributed by atoms with Gasteiger partial charge >= 0.3 is 0 Å². The highest BCUT2D eigenvalue weighted by atomic mass is 32.1. The van der Waals surface area contributed by atoms with Crippen LogP contribution in [-0.4, -0.2) is 41.1 Å². The average molecular weight is 292 g/mol. The summed E-state index contributed by atoms with van der Waals surface area (Å²) in [7, 11) is 2.20. The fourth-order valence-corrected chi connectivity index (χ4v) is 2.93. The standard InChI is InChI=1S/C15H24N4S/c1-11-7-8-13(14(16)20)15(18-11)17-9-10-19(2)12-5-3-4-6-12/h7-8,12H,3-6,9-10H2,1-2H3,(H2,16,20)(H,17,18). The van der Waals surface area contributed by atoms with Crippen molar-refractivity contribution in [2.45, 2.75) is 38.6 Å². The molecule has 1 heterocycles. The van der Waals surface area contributed by atoms with Crippen molar-refractivity contribution >= 4 is 23.0 Å². The van der Waals surface area contributed by atoms with E-state index < -0.39 is 0 Å². The third-order valence-corrected chi connectivity index (χ3v) is 4.22. The Morgan fingerprint density at radius 3 is 2.80 bits per heavy atom. The van der Waals surface area contributed by atoms with Gasteiger partial charge in [0.25, 0.3) is 0 Å². The number of hydrogen-bond acceptors (Lipinski definition) is 4. The summed E-state index contributed by atoms with van der Waals surface area (Å²) >= 11 is 5.07. The van der Waals surface area contributed by atoms with Gasteiger partial charge in [-0.3, -0.25) is 0 Å². The van der Waals surface area contributed by atoms with Crippen LogP contribution in [0.15, 0.2) is 12.1 Å². The number of rotatable bonds is 6. The normalized spacial score (nSPS) is 15.8. The van der Waals surface area contributed by atoms with E-state index in [1.165, 1.54) is 25.7 Å². The number of thiocarbonyl (C=S) groups is 1. The lowest BCUT2D eigenvalue weighted by Gasteiger charge is -2.24. The van der Waals surface area contributed by atoms with Crippen LogP contribution in [0.2, 0.25) is 0 Å². The number of nitrogens with two attached hydrogens (primary N) is 1. The number of hydrogen-bond donors (Lipinski definition) is 2. The third kappa shape index (κ3) is 3.90. The lowest BCUT2D eigenvalue weighted by atomic mass is 10.2. The maximum Gasteiger partial charge on any atom is 0.136 e. The summed E-state index contributed by atoms with van der Waals surface area (Å²) in [6.07, 6.45) is 5.40. The molecule has 0 unspecified atom stereocenters. The van der Waals surface area contributed by atoms with Crippen LogP contribution >= 0.6 is 12.2 Å². The molecule has 0 amide bonds. The number of nitrogens with zero attached hydrogens (tertiary/aromatic N) is 2. The van der Waals surface area contributed by atoms with Gasteiger partial charge in [0.1, 0.15) is 10.8 Å². The van der Waals surface area contributed by atoms with Crippen LogP contribution in [0.25, 0.3) is 0 Å². The summed E-state index contributed by atoms with van der Waals surface area (Å²) in [6.45, 7) is 3.84. The maximum atomic E-state index is 5.74. The van der Waals surface area contributed by atoms with E-state index in [0.29, 0.717) is 4.99 Å². The highest BCUT2D eigenvalue weighted by Gasteiger charge is 2.19. The Balaban J connectivity index is 1.90. The molecule has 0 aromatic carbocycles. The molecule has 0 saturated heterocycles. The summed E-state index contributed by atoms with van der Waals surface area (Å²) in [5.74, 6) is 0.803. The molecule has 3 N–H and O–H groups in total. The second-order valence-corrected chi connectivity index (χ2v) is 6.00. The highest BCUT2D eigenvalue weighted by Crippen LogP contribution is 2.22. The van der Waals surface area contributed by atoms with Gasteiger partial charge in [0.2, 0.25) is 0 Å². The molecule has 0 bridgehead atoms. The zero-order valence-corrected chi connectivity index (χ0v) is 13.2. The molecule has 0 spiro atoms. The number of nitrogens with one attached hydrogen (secondary N) is 1. The minimum atomic E-state index is 0.393. The van der Waals surface area contributed by atoms with E-state index in [9.17, 15) is 0 Å². The zero-order valence-electron chi connectivity index (χ0n) is 12.4. The summed E-state index contributed by atoms with van der Waals surface area (Å²) in [6, 6.07) is 4.62. The first kappa shape index (κ1) is 15.2. The molecule has 2 rings (SSSR count). The number of pyridine rings is 1. The van der Waals surface area contributed by atoms with Gasteiger partial charge in [0, 0.05) is 24.8 Å². The van der Waals surface area contributed by atoms with Crippen molar-refractivity contribution in [3.05, 3.63) is 23.4 Å². The van der Waals surface area contributed by atoms with E-state index in [-0.39, 0.29) is 0 Å². The first-order chi connectivity index (χ1) is 9.58. The summed E-state index contributed by atoms with van der Waals surface area (Å²) in [4.78, 5) is 7.33. The van der Waals surface area contributed by atoms with Crippen LogP contribution in [-0.2, 0) is 0 Å². The largest absolute Gasteiger partial charge is 0.389 e. The van der Waals surface area contributed by atoms with Crippen LogP contribution in [0.3, 0.4) is 0 Å². The third-order valence-electron chi connectivity index (χ3n) is 4.00. The predicted octanol–water partition coefficient (Wildman–Crippen LogP) is 2.31. The minimum Gasteiger partial charge on any atom is -0.389 e. The summed E-state index contributed by atoms with van der Waals surface area (Å²) in [5, 5.41) is 3.37. The Kier molecular flexibility index (Phi) is 5.31. The van der Waals surface area contributed by atoms with Crippen LogP contribution in [0.5, 0.6) is 0 Å². The van der Waals surface area contributed by atoms with E-state index in [4.69, 9.17) is 18.0 Å². The highest BCUT2D eigenvalue weighted by molar-refractivity contribution is 7.80. The molecule has 1 fully saturated rings. The Hall–Kier alpha value is -1.20. The number of aromatic nitrogens is 1. The number of anilines is 1. The van der Waals surface area contributed by atoms with E-state index in [2.05, 4.69) is 22.2 Å². The molecule has 110 valence electrons. The van der Waals surface area contributed by atoms with Crippen molar-refractivity contribution in [1.82, 2.24) is 9.88 Å². The van der Waals surface area contributed by atoms with Crippen molar-refractivity contribution in [2.24, 2.45) is 5.73 Å². The first-order valence-electron chi connectivity index (χ1n) is 7.29. The van der Waals surface area contributed by atoms with Crippen LogP contribution in [0.4, 0.5) is 5.82 Å². The van der Waals surface area contributed by atoms with Crippen LogP contribution in [0.1, 0.15) is 36.9 Å². The van der Waals surface area contributed by atoms with Crippen LogP contribution in [0, 0.1) is 6.92 Å².